The lowest BCUT2D eigenvalue weighted by Gasteiger charge is -2.27. The maximum absolute atomic E-state index is 6.03. The van der Waals surface area contributed by atoms with Crippen molar-refractivity contribution in [1.29, 1.82) is 0 Å². The minimum Gasteiger partial charge on any atom is -0.378 e. The Morgan fingerprint density at radius 3 is 2.69 bits per heavy atom. The van der Waals surface area contributed by atoms with Crippen LogP contribution < -0.4 is 10.2 Å². The predicted octanol–water partition coefficient (Wildman–Crippen LogP) is 4.25. The van der Waals surface area contributed by atoms with Gasteiger partial charge in [-0.05, 0) is 36.8 Å². The van der Waals surface area contributed by atoms with Crippen LogP contribution in [0, 0.1) is 6.92 Å². The molecule has 0 spiro atoms. The standard InChI is InChI=1S/C23H22ClN7O/c1-16-3-2-4-17(13-16)14-26-31-15-25-20-21(27-19-7-5-18(24)6-8-19)28-23(29-22(20)31)30-9-11-32-12-10-30/h2-8,13-15H,9-12H2,1H3,(H,27,28,29)/b26-14+. The van der Waals surface area contributed by atoms with Gasteiger partial charge in [0.2, 0.25) is 5.95 Å². The quantitative estimate of drug-likeness (QED) is 0.461. The summed E-state index contributed by atoms with van der Waals surface area (Å²) in [4.78, 5) is 16.2. The molecule has 2 aromatic heterocycles. The van der Waals surface area contributed by atoms with E-state index in [1.165, 1.54) is 5.56 Å². The molecule has 32 heavy (non-hydrogen) atoms. The zero-order chi connectivity index (χ0) is 21.9. The number of nitrogens with one attached hydrogen (secondary N) is 1. The van der Waals surface area contributed by atoms with Crippen LogP contribution in [0.15, 0.2) is 60.0 Å². The van der Waals surface area contributed by atoms with E-state index in [1.807, 2.05) is 36.4 Å². The fourth-order valence-electron chi connectivity index (χ4n) is 3.50. The summed E-state index contributed by atoms with van der Waals surface area (Å²) in [7, 11) is 0. The molecule has 1 saturated heterocycles. The summed E-state index contributed by atoms with van der Waals surface area (Å²) >= 11 is 6.03. The molecule has 3 heterocycles. The van der Waals surface area contributed by atoms with Crippen LogP contribution in [0.4, 0.5) is 17.5 Å². The molecule has 9 heteroatoms. The predicted molar refractivity (Wildman–Crippen MR) is 127 cm³/mol. The number of ether oxygens (including phenoxy) is 1. The first-order valence-electron chi connectivity index (χ1n) is 10.4. The number of benzene rings is 2. The second-order valence-electron chi connectivity index (χ2n) is 7.52. The van der Waals surface area contributed by atoms with Crippen LogP contribution >= 0.6 is 11.6 Å². The summed E-state index contributed by atoms with van der Waals surface area (Å²) in [5.41, 5.74) is 4.31. The Morgan fingerprint density at radius 1 is 1.09 bits per heavy atom. The first-order valence-corrected chi connectivity index (χ1v) is 10.7. The summed E-state index contributed by atoms with van der Waals surface area (Å²) in [6.07, 6.45) is 3.46. The van der Waals surface area contributed by atoms with E-state index in [9.17, 15) is 0 Å². The maximum atomic E-state index is 6.03. The second-order valence-corrected chi connectivity index (χ2v) is 7.96. The second kappa shape index (κ2) is 8.94. The number of aromatic nitrogens is 4. The van der Waals surface area contributed by atoms with Crippen molar-refractivity contribution in [3.63, 3.8) is 0 Å². The molecular formula is C23H22ClN7O. The normalized spacial score (nSPS) is 14.4. The molecule has 0 radical (unpaired) electrons. The van der Waals surface area contributed by atoms with Gasteiger partial charge in [-0.25, -0.2) is 9.66 Å². The van der Waals surface area contributed by atoms with Crippen molar-refractivity contribution in [2.45, 2.75) is 6.92 Å². The number of morpholine rings is 1. The molecule has 0 amide bonds. The van der Waals surface area contributed by atoms with Crippen LogP contribution in [0.2, 0.25) is 5.02 Å². The fraction of sp³-hybridized carbons (Fsp3) is 0.217. The molecule has 0 saturated carbocycles. The van der Waals surface area contributed by atoms with Crippen molar-refractivity contribution in [3.05, 3.63) is 71.0 Å². The fourth-order valence-corrected chi connectivity index (χ4v) is 3.63. The number of hydrogen-bond donors (Lipinski definition) is 1. The van der Waals surface area contributed by atoms with E-state index in [0.29, 0.717) is 41.2 Å². The van der Waals surface area contributed by atoms with Crippen molar-refractivity contribution < 1.29 is 4.74 Å². The topological polar surface area (TPSA) is 80.5 Å². The number of nitrogens with zero attached hydrogens (tertiary/aromatic N) is 6. The van der Waals surface area contributed by atoms with E-state index >= 15 is 0 Å². The molecule has 1 N–H and O–H groups in total. The van der Waals surface area contributed by atoms with Gasteiger partial charge in [-0.2, -0.15) is 15.1 Å². The lowest BCUT2D eigenvalue weighted by Crippen LogP contribution is -2.37. The number of rotatable bonds is 5. The van der Waals surface area contributed by atoms with Gasteiger partial charge in [-0.1, -0.05) is 41.4 Å². The third-order valence-electron chi connectivity index (χ3n) is 5.14. The summed E-state index contributed by atoms with van der Waals surface area (Å²) in [6.45, 7) is 4.80. The Hall–Kier alpha value is -3.49. The Balaban J connectivity index is 1.56. The Labute approximate surface area is 190 Å². The lowest BCUT2D eigenvalue weighted by atomic mass is 10.2. The SMILES string of the molecule is Cc1cccc(/C=N/n2cnc3c(Nc4ccc(Cl)cc4)nc(N4CCOCC4)nc32)c1. The van der Waals surface area contributed by atoms with E-state index in [0.717, 1.165) is 24.3 Å². The van der Waals surface area contributed by atoms with E-state index in [1.54, 1.807) is 17.2 Å². The summed E-state index contributed by atoms with van der Waals surface area (Å²) < 4.78 is 7.16. The summed E-state index contributed by atoms with van der Waals surface area (Å²) in [6, 6.07) is 15.6. The smallest absolute Gasteiger partial charge is 0.229 e. The molecule has 0 bridgehead atoms. The van der Waals surface area contributed by atoms with Gasteiger partial charge >= 0.3 is 0 Å². The van der Waals surface area contributed by atoms with E-state index in [4.69, 9.17) is 26.3 Å². The highest BCUT2D eigenvalue weighted by molar-refractivity contribution is 6.30. The maximum Gasteiger partial charge on any atom is 0.229 e. The first-order chi connectivity index (χ1) is 15.7. The first kappa shape index (κ1) is 20.4. The number of hydrogen-bond acceptors (Lipinski definition) is 7. The third-order valence-corrected chi connectivity index (χ3v) is 5.39. The van der Waals surface area contributed by atoms with E-state index in [2.05, 4.69) is 39.4 Å². The highest BCUT2D eigenvalue weighted by Gasteiger charge is 2.19. The monoisotopic (exact) mass is 447 g/mol. The average molecular weight is 448 g/mol. The molecule has 2 aromatic carbocycles. The van der Waals surface area contributed by atoms with Crippen molar-refractivity contribution in [1.82, 2.24) is 19.6 Å². The van der Waals surface area contributed by atoms with E-state index < -0.39 is 0 Å². The van der Waals surface area contributed by atoms with Crippen LogP contribution in [0.5, 0.6) is 0 Å². The largest absolute Gasteiger partial charge is 0.378 e. The highest BCUT2D eigenvalue weighted by atomic mass is 35.5. The van der Waals surface area contributed by atoms with Gasteiger partial charge in [0.25, 0.3) is 0 Å². The van der Waals surface area contributed by atoms with Crippen LogP contribution in [0.25, 0.3) is 11.2 Å². The minimum atomic E-state index is 0.614. The van der Waals surface area contributed by atoms with Crippen molar-refractivity contribution >= 4 is 46.4 Å². The van der Waals surface area contributed by atoms with Crippen molar-refractivity contribution in [3.8, 4) is 0 Å². The molecule has 1 aliphatic rings. The molecule has 0 unspecified atom stereocenters. The average Bonchev–Trinajstić information content (AvgIpc) is 3.23. The molecule has 5 rings (SSSR count). The minimum absolute atomic E-state index is 0.614. The third kappa shape index (κ3) is 4.42. The summed E-state index contributed by atoms with van der Waals surface area (Å²) in [5, 5.41) is 8.63. The van der Waals surface area contributed by atoms with Gasteiger partial charge in [0.05, 0.1) is 19.4 Å². The van der Waals surface area contributed by atoms with E-state index in [-0.39, 0.29) is 0 Å². The number of imidazole rings is 1. The van der Waals surface area contributed by atoms with Crippen LogP contribution in [0.3, 0.4) is 0 Å². The molecule has 162 valence electrons. The van der Waals surface area contributed by atoms with Crippen molar-refractivity contribution in [2.24, 2.45) is 5.10 Å². The molecule has 0 atom stereocenters. The summed E-state index contributed by atoms with van der Waals surface area (Å²) in [5.74, 6) is 1.23. The zero-order valence-electron chi connectivity index (χ0n) is 17.6. The Bertz CT molecular complexity index is 1260. The number of anilines is 3. The van der Waals surface area contributed by atoms with Gasteiger partial charge < -0.3 is 15.0 Å². The van der Waals surface area contributed by atoms with Crippen LogP contribution in [0.1, 0.15) is 11.1 Å². The van der Waals surface area contributed by atoms with Crippen LogP contribution in [-0.4, -0.2) is 52.1 Å². The molecule has 1 fully saturated rings. The van der Waals surface area contributed by atoms with Crippen LogP contribution in [-0.2, 0) is 4.74 Å². The Kier molecular flexibility index (Phi) is 5.70. The van der Waals surface area contributed by atoms with Crippen molar-refractivity contribution in [2.75, 3.05) is 36.5 Å². The van der Waals surface area contributed by atoms with Gasteiger partial charge in [0, 0.05) is 23.8 Å². The molecule has 8 nitrogen and oxygen atoms in total. The Morgan fingerprint density at radius 2 is 1.91 bits per heavy atom. The molecule has 4 aromatic rings. The highest BCUT2D eigenvalue weighted by Crippen LogP contribution is 2.26. The van der Waals surface area contributed by atoms with Gasteiger partial charge in [-0.15, -0.1) is 0 Å². The lowest BCUT2D eigenvalue weighted by molar-refractivity contribution is 0.122. The zero-order valence-corrected chi connectivity index (χ0v) is 18.3. The number of aryl methyl sites for hydroxylation is 1. The molecule has 1 aliphatic heterocycles. The van der Waals surface area contributed by atoms with Gasteiger partial charge in [0.1, 0.15) is 6.33 Å². The molecule has 0 aliphatic carbocycles. The number of fused-ring (bicyclic) bond motifs is 1. The number of halogens is 1. The van der Waals surface area contributed by atoms with Gasteiger partial charge in [0.15, 0.2) is 17.0 Å². The molecular weight excluding hydrogens is 426 g/mol. The van der Waals surface area contributed by atoms with Gasteiger partial charge in [-0.3, -0.25) is 0 Å².